The number of likely N-dealkylation sites (tertiary alicyclic amines) is 1. The van der Waals surface area contributed by atoms with Gasteiger partial charge in [0.2, 0.25) is 5.91 Å². The monoisotopic (exact) mass is 477 g/mol. The van der Waals surface area contributed by atoms with E-state index in [2.05, 4.69) is 24.1 Å². The number of rotatable bonds is 7. The Morgan fingerprint density at radius 3 is 2.50 bits per heavy atom. The van der Waals surface area contributed by atoms with E-state index in [0.29, 0.717) is 35.4 Å². The topological polar surface area (TPSA) is 71.5 Å². The van der Waals surface area contributed by atoms with Gasteiger partial charge in [0, 0.05) is 24.0 Å². The number of para-hydroxylation sites is 1. The lowest BCUT2D eigenvalue weighted by Gasteiger charge is -2.35. The summed E-state index contributed by atoms with van der Waals surface area (Å²) in [4.78, 5) is 32.6. The minimum atomic E-state index is -0.191. The Balaban J connectivity index is 1.42. The number of piperidine rings is 1. The van der Waals surface area contributed by atoms with Crippen LogP contribution >= 0.6 is 11.3 Å². The molecule has 0 bridgehead atoms. The Morgan fingerprint density at radius 1 is 1.09 bits per heavy atom. The van der Waals surface area contributed by atoms with Gasteiger partial charge in [-0.15, -0.1) is 11.3 Å². The van der Waals surface area contributed by atoms with Crippen molar-refractivity contribution in [3.05, 3.63) is 65.2 Å². The third kappa shape index (κ3) is 5.83. The molecule has 1 fully saturated rings. The number of thiazole rings is 1. The minimum Gasteiger partial charge on any atom is -0.494 e. The largest absolute Gasteiger partial charge is 0.494 e. The number of hydrogen-bond donors (Lipinski definition) is 1. The van der Waals surface area contributed by atoms with Crippen molar-refractivity contribution in [3.63, 3.8) is 0 Å². The molecule has 1 N–H and O–H groups in total. The average molecular weight is 478 g/mol. The van der Waals surface area contributed by atoms with Gasteiger partial charge in [-0.2, -0.15) is 0 Å². The molecule has 2 aromatic carbocycles. The van der Waals surface area contributed by atoms with Crippen LogP contribution in [0, 0.1) is 11.8 Å². The number of carbonyl (C=O) groups excluding carboxylic acids is 2. The Morgan fingerprint density at radius 2 is 1.79 bits per heavy atom. The molecule has 2 amide bonds. The van der Waals surface area contributed by atoms with Crippen molar-refractivity contribution in [2.24, 2.45) is 11.8 Å². The Hall–Kier alpha value is -3.19. The molecule has 178 valence electrons. The van der Waals surface area contributed by atoms with E-state index in [4.69, 9.17) is 4.74 Å². The molecule has 3 aromatic rings. The average Bonchev–Trinajstić information content (AvgIpc) is 3.27. The van der Waals surface area contributed by atoms with Gasteiger partial charge in [-0.05, 0) is 61.6 Å². The van der Waals surface area contributed by atoms with E-state index in [1.807, 2.05) is 53.6 Å². The van der Waals surface area contributed by atoms with E-state index < -0.39 is 0 Å². The number of amides is 2. The van der Waals surface area contributed by atoms with Crippen LogP contribution in [0.25, 0.3) is 10.6 Å². The molecule has 7 heteroatoms. The highest BCUT2D eigenvalue weighted by molar-refractivity contribution is 7.13. The predicted molar refractivity (Wildman–Crippen MR) is 136 cm³/mol. The quantitative estimate of drug-likeness (QED) is 0.487. The second-order valence-electron chi connectivity index (χ2n) is 9.03. The zero-order valence-electron chi connectivity index (χ0n) is 19.9. The third-order valence-electron chi connectivity index (χ3n) is 5.89. The molecule has 4 rings (SSSR count). The maximum atomic E-state index is 13.2. The summed E-state index contributed by atoms with van der Waals surface area (Å²) in [5.41, 5.74) is 2.77. The summed E-state index contributed by atoms with van der Waals surface area (Å²) in [6.07, 6.45) is 1.28. The molecular weight excluding hydrogens is 446 g/mol. The molecule has 1 aliphatic heterocycles. The second kappa shape index (κ2) is 10.8. The number of anilines is 1. The van der Waals surface area contributed by atoms with Crippen LogP contribution < -0.4 is 10.1 Å². The number of hydrogen-bond acceptors (Lipinski definition) is 5. The van der Waals surface area contributed by atoms with E-state index in [0.717, 1.165) is 35.8 Å². The van der Waals surface area contributed by atoms with E-state index in [1.54, 1.807) is 12.1 Å². The molecule has 1 aromatic heterocycles. The van der Waals surface area contributed by atoms with Crippen molar-refractivity contribution in [1.29, 1.82) is 0 Å². The van der Waals surface area contributed by atoms with Crippen LogP contribution in [0.5, 0.6) is 5.75 Å². The fourth-order valence-electron chi connectivity index (χ4n) is 4.52. The van der Waals surface area contributed by atoms with E-state index in [1.165, 1.54) is 11.3 Å². The summed E-state index contributed by atoms with van der Waals surface area (Å²) >= 11 is 1.50. The van der Waals surface area contributed by atoms with Gasteiger partial charge in [-0.1, -0.05) is 26.0 Å². The number of aromatic nitrogens is 1. The van der Waals surface area contributed by atoms with Gasteiger partial charge in [0.1, 0.15) is 10.8 Å². The minimum absolute atomic E-state index is 0.0271. The lowest BCUT2D eigenvalue weighted by Crippen LogP contribution is -2.42. The van der Waals surface area contributed by atoms with E-state index in [-0.39, 0.29) is 18.2 Å². The van der Waals surface area contributed by atoms with Crippen LogP contribution in [0.3, 0.4) is 0 Å². The van der Waals surface area contributed by atoms with Crippen molar-refractivity contribution < 1.29 is 14.3 Å². The molecule has 0 aliphatic carbocycles. The molecule has 1 saturated heterocycles. The van der Waals surface area contributed by atoms with Crippen LogP contribution in [-0.4, -0.2) is 41.4 Å². The first-order chi connectivity index (χ1) is 16.4. The van der Waals surface area contributed by atoms with E-state index in [9.17, 15) is 9.59 Å². The van der Waals surface area contributed by atoms with Crippen molar-refractivity contribution in [1.82, 2.24) is 9.88 Å². The Bertz CT molecular complexity index is 1130. The molecule has 2 atom stereocenters. The maximum Gasteiger partial charge on any atom is 0.255 e. The number of ether oxygens (including phenoxy) is 1. The second-order valence-corrected chi connectivity index (χ2v) is 9.89. The Labute approximate surface area is 205 Å². The van der Waals surface area contributed by atoms with Crippen molar-refractivity contribution in [2.45, 2.75) is 33.6 Å². The summed E-state index contributed by atoms with van der Waals surface area (Å²) in [6.45, 7) is 8.44. The van der Waals surface area contributed by atoms with Gasteiger partial charge in [0.05, 0.1) is 30.0 Å². The molecule has 1 aliphatic rings. The van der Waals surface area contributed by atoms with Gasteiger partial charge >= 0.3 is 0 Å². The maximum absolute atomic E-state index is 13.2. The smallest absolute Gasteiger partial charge is 0.255 e. The molecule has 0 radical (unpaired) electrons. The SMILES string of the molecule is CCOc1ccc(-c2nc(CC(=O)Nc3ccccc3C(=O)N3CC(C)CC(C)C3)cs2)cc1. The highest BCUT2D eigenvalue weighted by atomic mass is 32.1. The highest BCUT2D eigenvalue weighted by Crippen LogP contribution is 2.27. The van der Waals surface area contributed by atoms with Gasteiger partial charge in [-0.25, -0.2) is 4.98 Å². The standard InChI is InChI=1S/C27H31N3O3S/c1-4-33-22-11-9-20(10-12-22)26-28-21(17-34-26)14-25(31)29-24-8-6-5-7-23(24)27(32)30-15-18(2)13-19(3)16-30/h5-12,17-19H,4,13-16H2,1-3H3,(H,29,31). The number of benzene rings is 2. The van der Waals surface area contributed by atoms with Crippen LogP contribution in [-0.2, 0) is 11.2 Å². The lowest BCUT2D eigenvalue weighted by atomic mass is 9.91. The van der Waals surface area contributed by atoms with Gasteiger partial charge < -0.3 is 15.0 Å². The first-order valence-electron chi connectivity index (χ1n) is 11.8. The van der Waals surface area contributed by atoms with Crippen molar-refractivity contribution >= 4 is 28.8 Å². The van der Waals surface area contributed by atoms with Crippen LogP contribution in [0.15, 0.2) is 53.9 Å². The van der Waals surface area contributed by atoms with Crippen LogP contribution in [0.2, 0.25) is 0 Å². The molecule has 2 unspecified atom stereocenters. The first kappa shape index (κ1) is 24.0. The number of nitrogens with one attached hydrogen (secondary N) is 1. The zero-order chi connectivity index (χ0) is 24.1. The van der Waals surface area contributed by atoms with Crippen LogP contribution in [0.4, 0.5) is 5.69 Å². The van der Waals surface area contributed by atoms with E-state index >= 15 is 0 Å². The molecular formula is C27H31N3O3S. The summed E-state index contributed by atoms with van der Waals surface area (Å²) < 4.78 is 5.49. The highest BCUT2D eigenvalue weighted by Gasteiger charge is 2.27. The molecule has 0 saturated carbocycles. The Kier molecular flexibility index (Phi) is 7.63. The summed E-state index contributed by atoms with van der Waals surface area (Å²) in [6, 6.07) is 15.0. The van der Waals surface area contributed by atoms with Crippen molar-refractivity contribution in [3.8, 4) is 16.3 Å². The summed E-state index contributed by atoms with van der Waals surface area (Å²) in [5, 5.41) is 5.69. The molecule has 0 spiro atoms. The van der Waals surface area contributed by atoms with Gasteiger partial charge in [-0.3, -0.25) is 9.59 Å². The third-order valence-corrected chi connectivity index (χ3v) is 6.83. The fraction of sp³-hybridized carbons (Fsp3) is 0.370. The lowest BCUT2D eigenvalue weighted by molar-refractivity contribution is -0.115. The molecule has 34 heavy (non-hydrogen) atoms. The normalized spacial score (nSPS) is 17.9. The first-order valence-corrected chi connectivity index (χ1v) is 12.7. The zero-order valence-corrected chi connectivity index (χ0v) is 20.7. The fourth-order valence-corrected chi connectivity index (χ4v) is 5.34. The predicted octanol–water partition coefficient (Wildman–Crippen LogP) is 5.51. The summed E-state index contributed by atoms with van der Waals surface area (Å²) in [7, 11) is 0. The summed E-state index contributed by atoms with van der Waals surface area (Å²) in [5.74, 6) is 1.56. The van der Waals surface area contributed by atoms with Crippen molar-refractivity contribution in [2.75, 3.05) is 25.0 Å². The molecule has 2 heterocycles. The molecule has 6 nitrogen and oxygen atoms in total. The number of nitrogens with zero attached hydrogens (tertiary/aromatic N) is 2. The van der Waals surface area contributed by atoms with Gasteiger partial charge in [0.15, 0.2) is 0 Å². The number of carbonyl (C=O) groups is 2. The van der Waals surface area contributed by atoms with Crippen LogP contribution in [0.1, 0.15) is 43.2 Å². The van der Waals surface area contributed by atoms with Gasteiger partial charge in [0.25, 0.3) is 5.91 Å².